The van der Waals surface area contributed by atoms with Crippen LogP contribution in [-0.4, -0.2) is 17.9 Å². The van der Waals surface area contributed by atoms with E-state index in [0.29, 0.717) is 29.3 Å². The minimum atomic E-state index is -0.145. The fraction of sp³-hybridized carbons (Fsp3) is 0.100. The lowest BCUT2D eigenvalue weighted by Gasteiger charge is -2.10. The fourth-order valence-corrected chi connectivity index (χ4v) is 2.84. The van der Waals surface area contributed by atoms with Crippen LogP contribution >= 0.6 is 15.9 Å². The van der Waals surface area contributed by atoms with Crippen molar-refractivity contribution in [2.45, 2.75) is 6.61 Å². The van der Waals surface area contributed by atoms with Crippen LogP contribution in [0.4, 0.5) is 5.82 Å². The van der Waals surface area contributed by atoms with Crippen LogP contribution < -0.4 is 15.2 Å². The van der Waals surface area contributed by atoms with E-state index in [2.05, 4.69) is 20.9 Å². The Bertz CT molecular complexity index is 909. The average Bonchev–Trinajstić information content (AvgIpc) is 2.66. The summed E-state index contributed by atoms with van der Waals surface area (Å²) < 4.78 is 11.7. The topological polar surface area (TPSA) is 74.4 Å². The molecule has 0 atom stereocenters. The van der Waals surface area contributed by atoms with Crippen molar-refractivity contribution in [3.05, 3.63) is 82.0 Å². The largest absolute Gasteiger partial charge is 0.497 e. The molecule has 0 aliphatic heterocycles. The van der Waals surface area contributed by atoms with E-state index in [-0.39, 0.29) is 5.78 Å². The van der Waals surface area contributed by atoms with Gasteiger partial charge in [-0.3, -0.25) is 4.79 Å². The van der Waals surface area contributed by atoms with E-state index in [9.17, 15) is 4.79 Å². The fourth-order valence-electron chi connectivity index (χ4n) is 2.37. The van der Waals surface area contributed by atoms with Crippen molar-refractivity contribution in [1.82, 2.24) is 4.98 Å². The molecule has 1 aromatic heterocycles. The number of carbonyl (C=O) groups excluding carboxylic acids is 1. The number of nitrogens with two attached hydrogens (primary N) is 1. The molecule has 0 unspecified atom stereocenters. The summed E-state index contributed by atoms with van der Waals surface area (Å²) in [4.78, 5) is 16.6. The molecule has 0 amide bonds. The maximum atomic E-state index is 12.6. The van der Waals surface area contributed by atoms with Gasteiger partial charge in [0.1, 0.15) is 23.9 Å². The number of aromatic nitrogens is 1. The van der Waals surface area contributed by atoms with Gasteiger partial charge in [-0.05, 0) is 48.0 Å². The zero-order valence-corrected chi connectivity index (χ0v) is 15.7. The third kappa shape index (κ3) is 4.40. The number of anilines is 1. The Morgan fingerprint density at radius 2 is 1.81 bits per heavy atom. The first kappa shape index (κ1) is 17.9. The molecule has 132 valence electrons. The van der Waals surface area contributed by atoms with E-state index in [1.54, 1.807) is 31.4 Å². The molecular formula is C20H17BrN2O3. The highest BCUT2D eigenvalue weighted by atomic mass is 79.9. The number of ketones is 1. The maximum absolute atomic E-state index is 12.6. The summed E-state index contributed by atoms with van der Waals surface area (Å²) in [6.07, 6.45) is 1.47. The number of carbonyl (C=O) groups is 1. The predicted octanol–water partition coefficient (Wildman–Crippen LogP) is 4.24. The minimum Gasteiger partial charge on any atom is -0.497 e. The highest BCUT2D eigenvalue weighted by Crippen LogP contribution is 2.24. The normalized spacial score (nSPS) is 10.4. The van der Waals surface area contributed by atoms with Crippen molar-refractivity contribution in [3.8, 4) is 11.5 Å². The molecule has 0 saturated carbocycles. The number of ether oxygens (including phenoxy) is 2. The zero-order valence-electron chi connectivity index (χ0n) is 14.1. The first-order valence-corrected chi connectivity index (χ1v) is 8.67. The van der Waals surface area contributed by atoms with Crippen molar-refractivity contribution in [3.63, 3.8) is 0 Å². The molecule has 0 bridgehead atoms. The lowest BCUT2D eigenvalue weighted by atomic mass is 10.0. The zero-order chi connectivity index (χ0) is 18.5. The molecule has 0 aliphatic carbocycles. The van der Waals surface area contributed by atoms with Crippen LogP contribution in [-0.2, 0) is 6.61 Å². The van der Waals surface area contributed by atoms with Gasteiger partial charge in [-0.15, -0.1) is 0 Å². The number of hydrogen-bond acceptors (Lipinski definition) is 5. The van der Waals surface area contributed by atoms with Crippen LogP contribution in [0.1, 0.15) is 21.5 Å². The van der Waals surface area contributed by atoms with E-state index >= 15 is 0 Å². The van der Waals surface area contributed by atoms with Gasteiger partial charge in [-0.25, -0.2) is 4.98 Å². The van der Waals surface area contributed by atoms with Crippen LogP contribution in [0.15, 0.2) is 65.3 Å². The standard InChI is InChI=1S/C20H17BrN2O3/c1-25-17-5-2-13(3-6-17)12-26-18-9-15(8-16(21)10-18)20(24)14-4-7-19(22)23-11-14/h2-11H,12H2,1H3,(H2,22,23). The Hall–Kier alpha value is -2.86. The Morgan fingerprint density at radius 3 is 2.46 bits per heavy atom. The van der Waals surface area contributed by atoms with Crippen LogP contribution in [0.2, 0.25) is 0 Å². The Balaban J connectivity index is 1.76. The summed E-state index contributed by atoms with van der Waals surface area (Å²) in [6, 6.07) is 16.2. The Morgan fingerprint density at radius 1 is 1.04 bits per heavy atom. The first-order valence-electron chi connectivity index (χ1n) is 7.88. The number of methoxy groups -OCH3 is 1. The quantitative estimate of drug-likeness (QED) is 0.612. The number of benzene rings is 2. The second-order valence-electron chi connectivity index (χ2n) is 5.61. The molecule has 26 heavy (non-hydrogen) atoms. The van der Waals surface area contributed by atoms with Crippen molar-refractivity contribution >= 4 is 27.5 Å². The summed E-state index contributed by atoms with van der Waals surface area (Å²) in [6.45, 7) is 0.386. The highest BCUT2D eigenvalue weighted by molar-refractivity contribution is 9.10. The molecule has 5 nitrogen and oxygen atoms in total. The maximum Gasteiger partial charge on any atom is 0.194 e. The van der Waals surface area contributed by atoms with Gasteiger partial charge in [-0.2, -0.15) is 0 Å². The SMILES string of the molecule is COc1ccc(COc2cc(Br)cc(C(=O)c3ccc(N)nc3)c2)cc1. The van der Waals surface area contributed by atoms with Gasteiger partial charge in [0.05, 0.1) is 7.11 Å². The van der Waals surface area contributed by atoms with Crippen LogP contribution in [0.3, 0.4) is 0 Å². The molecule has 6 heteroatoms. The van der Waals surface area contributed by atoms with Crippen molar-refractivity contribution in [1.29, 1.82) is 0 Å². The molecule has 0 aliphatic rings. The number of nitrogens with zero attached hydrogens (tertiary/aromatic N) is 1. The van der Waals surface area contributed by atoms with Crippen molar-refractivity contribution < 1.29 is 14.3 Å². The number of halogens is 1. The summed E-state index contributed by atoms with van der Waals surface area (Å²) in [7, 11) is 1.63. The van der Waals surface area contributed by atoms with Gasteiger partial charge in [-0.1, -0.05) is 28.1 Å². The third-order valence-corrected chi connectivity index (χ3v) is 4.20. The lowest BCUT2D eigenvalue weighted by Crippen LogP contribution is -2.04. The van der Waals surface area contributed by atoms with Gasteiger partial charge in [0.15, 0.2) is 5.78 Å². The lowest BCUT2D eigenvalue weighted by molar-refractivity contribution is 0.103. The smallest absolute Gasteiger partial charge is 0.194 e. The summed E-state index contributed by atoms with van der Waals surface area (Å²) in [5.41, 5.74) is 7.55. The molecule has 1 heterocycles. The molecule has 3 aromatic rings. The van der Waals surface area contributed by atoms with Crippen molar-refractivity contribution in [2.75, 3.05) is 12.8 Å². The molecule has 3 rings (SSSR count). The summed E-state index contributed by atoms with van der Waals surface area (Å²) >= 11 is 3.43. The van der Waals surface area contributed by atoms with Crippen LogP contribution in [0, 0.1) is 0 Å². The van der Waals surface area contributed by atoms with Gasteiger partial charge < -0.3 is 15.2 Å². The highest BCUT2D eigenvalue weighted by Gasteiger charge is 2.12. The van der Waals surface area contributed by atoms with E-state index in [0.717, 1.165) is 15.8 Å². The molecule has 0 spiro atoms. The Kier molecular flexibility index (Phi) is 5.53. The number of rotatable bonds is 6. The number of pyridine rings is 1. The van der Waals surface area contributed by atoms with E-state index in [4.69, 9.17) is 15.2 Å². The Labute approximate surface area is 159 Å². The van der Waals surface area contributed by atoms with Gasteiger partial charge in [0.25, 0.3) is 0 Å². The van der Waals surface area contributed by atoms with E-state index in [1.165, 1.54) is 6.20 Å². The number of nitrogen functional groups attached to an aromatic ring is 1. The first-order chi connectivity index (χ1) is 12.5. The molecule has 0 radical (unpaired) electrons. The average molecular weight is 413 g/mol. The second-order valence-corrected chi connectivity index (χ2v) is 6.53. The number of hydrogen-bond donors (Lipinski definition) is 1. The van der Waals surface area contributed by atoms with E-state index < -0.39 is 0 Å². The molecule has 0 saturated heterocycles. The second kappa shape index (κ2) is 8.01. The van der Waals surface area contributed by atoms with Crippen molar-refractivity contribution in [2.24, 2.45) is 0 Å². The monoisotopic (exact) mass is 412 g/mol. The minimum absolute atomic E-state index is 0.145. The van der Waals surface area contributed by atoms with Gasteiger partial charge >= 0.3 is 0 Å². The molecule has 2 N–H and O–H groups in total. The van der Waals surface area contributed by atoms with E-state index in [1.807, 2.05) is 30.3 Å². The van der Waals surface area contributed by atoms with Crippen LogP contribution in [0.25, 0.3) is 0 Å². The summed E-state index contributed by atoms with van der Waals surface area (Å²) in [5, 5.41) is 0. The van der Waals surface area contributed by atoms with Gasteiger partial charge in [0, 0.05) is 21.8 Å². The van der Waals surface area contributed by atoms with Crippen LogP contribution in [0.5, 0.6) is 11.5 Å². The van der Waals surface area contributed by atoms with Gasteiger partial charge in [0.2, 0.25) is 0 Å². The molecule has 0 fully saturated rings. The third-order valence-electron chi connectivity index (χ3n) is 3.75. The molecular weight excluding hydrogens is 396 g/mol. The predicted molar refractivity (Wildman–Crippen MR) is 104 cm³/mol. The summed E-state index contributed by atoms with van der Waals surface area (Å²) in [5.74, 6) is 1.62. The molecule has 2 aromatic carbocycles.